The molecule has 272 valence electrons. The summed E-state index contributed by atoms with van der Waals surface area (Å²) in [7, 11) is 0. The van der Waals surface area contributed by atoms with Gasteiger partial charge in [-0.05, 0) is 120 Å². The highest BCUT2D eigenvalue weighted by molar-refractivity contribution is 7.90. The molecule has 51 heavy (non-hydrogen) atoms. The van der Waals surface area contributed by atoms with Crippen LogP contribution in [0.4, 0.5) is 11.4 Å². The van der Waals surface area contributed by atoms with Gasteiger partial charge < -0.3 is 28.8 Å². The Balaban J connectivity index is 1.32. The number of carbonyl (C=O) groups is 1. The molecule has 1 atom stereocenters. The monoisotopic (exact) mass is 710 g/mol. The van der Waals surface area contributed by atoms with Crippen LogP contribution in [0.1, 0.15) is 77.5 Å². The van der Waals surface area contributed by atoms with Gasteiger partial charge in [0.2, 0.25) is 0 Å². The highest BCUT2D eigenvalue weighted by Crippen LogP contribution is 2.33. The third kappa shape index (κ3) is 11.2. The average Bonchev–Trinajstić information content (AvgIpc) is 3.59. The van der Waals surface area contributed by atoms with E-state index >= 15 is 0 Å². The number of aromatic nitrogens is 2. The molecule has 3 aromatic carbocycles. The number of fused-ring (bicyclic) bond motifs is 1. The van der Waals surface area contributed by atoms with Crippen LogP contribution in [0.5, 0.6) is 5.75 Å². The fourth-order valence-electron chi connectivity index (χ4n) is 6.29. The second kappa shape index (κ2) is 19.5. The number of rotatable bonds is 17. The van der Waals surface area contributed by atoms with Crippen LogP contribution in [-0.4, -0.2) is 52.9 Å². The number of nitrogens with one attached hydrogen (secondary N) is 1. The quantitative estimate of drug-likeness (QED) is 0.0869. The first kappa shape index (κ1) is 38.2. The summed E-state index contributed by atoms with van der Waals surface area (Å²) in [6.07, 6.45) is 11.4. The Morgan fingerprint density at radius 1 is 0.961 bits per heavy atom. The number of aryl methyl sites for hydroxylation is 1. The summed E-state index contributed by atoms with van der Waals surface area (Å²) in [6, 6.07) is 22.1. The molecule has 0 saturated heterocycles. The lowest BCUT2D eigenvalue weighted by Gasteiger charge is -2.28. The summed E-state index contributed by atoms with van der Waals surface area (Å²) < 4.78 is 26.7. The molecule has 1 aliphatic rings. The molecular formula is C42H54N4O4S. The zero-order chi connectivity index (χ0) is 36.0. The second-order valence-electron chi connectivity index (χ2n) is 13.6. The standard InChI is InChI=1S/C42H54N4O4S/c1-5-7-23-49-24-25-50-39-16-11-33(12-17-39)34-13-20-41-36(26-34)27-35(10-8-9-22-45(41)29-32(3)4)42(47)44-37-14-18-40(19-15-37)51(48)30-38-28-43-31-46(38)21-6-2/h11-20,26-28,31-32H,5-10,21-25,29-30H2,1-4H3,(H,44,47)/b35-27-. The molecule has 1 aromatic heterocycles. The zero-order valence-corrected chi connectivity index (χ0v) is 31.6. The molecule has 0 aliphatic carbocycles. The normalized spacial score (nSPS) is 14.9. The van der Waals surface area contributed by atoms with Crippen LogP contribution in [0.3, 0.4) is 0 Å². The minimum Gasteiger partial charge on any atom is -0.611 e. The summed E-state index contributed by atoms with van der Waals surface area (Å²) >= 11 is -1.22. The van der Waals surface area contributed by atoms with Gasteiger partial charge in [-0.1, -0.05) is 52.3 Å². The van der Waals surface area contributed by atoms with E-state index < -0.39 is 11.2 Å². The van der Waals surface area contributed by atoms with Crippen LogP contribution in [0, 0.1) is 5.92 Å². The molecule has 0 saturated carbocycles. The summed E-state index contributed by atoms with van der Waals surface area (Å²) in [6.45, 7) is 13.4. The van der Waals surface area contributed by atoms with Crippen molar-refractivity contribution in [3.05, 3.63) is 96.1 Å². The number of imidazole rings is 1. The van der Waals surface area contributed by atoms with Crippen molar-refractivity contribution in [2.75, 3.05) is 43.1 Å². The summed E-state index contributed by atoms with van der Waals surface area (Å²) in [5, 5.41) is 3.12. The molecule has 1 unspecified atom stereocenters. The smallest absolute Gasteiger partial charge is 0.251 e. The van der Waals surface area contributed by atoms with Gasteiger partial charge in [-0.15, -0.1) is 0 Å². The Morgan fingerprint density at radius 2 is 1.75 bits per heavy atom. The third-order valence-corrected chi connectivity index (χ3v) is 10.3. The largest absolute Gasteiger partial charge is 0.611 e. The first-order valence-electron chi connectivity index (χ1n) is 18.5. The lowest BCUT2D eigenvalue weighted by atomic mass is 9.98. The Hall–Kier alpha value is -4.05. The number of anilines is 2. The maximum absolute atomic E-state index is 13.8. The van der Waals surface area contributed by atoms with Crippen LogP contribution in [0.15, 0.2) is 89.7 Å². The van der Waals surface area contributed by atoms with Crippen molar-refractivity contribution < 1.29 is 18.8 Å². The molecule has 1 N–H and O–H groups in total. The van der Waals surface area contributed by atoms with Crippen molar-refractivity contribution in [3.8, 4) is 16.9 Å². The molecule has 0 spiro atoms. The second-order valence-corrected chi connectivity index (χ2v) is 15.1. The Kier molecular flexibility index (Phi) is 14.6. The Labute approximate surface area is 307 Å². The van der Waals surface area contributed by atoms with Crippen LogP contribution in [0.2, 0.25) is 0 Å². The fourth-order valence-corrected chi connectivity index (χ4v) is 7.40. The van der Waals surface area contributed by atoms with E-state index in [0.717, 1.165) is 103 Å². The number of ether oxygens (including phenoxy) is 2. The lowest BCUT2D eigenvalue weighted by molar-refractivity contribution is -0.112. The van der Waals surface area contributed by atoms with Gasteiger partial charge in [0.1, 0.15) is 12.4 Å². The summed E-state index contributed by atoms with van der Waals surface area (Å²) in [5.74, 6) is 1.62. The van der Waals surface area contributed by atoms with Gasteiger partial charge in [-0.25, -0.2) is 4.98 Å². The average molecular weight is 711 g/mol. The predicted molar refractivity (Wildman–Crippen MR) is 210 cm³/mol. The van der Waals surface area contributed by atoms with Crippen LogP contribution in [0.25, 0.3) is 17.2 Å². The van der Waals surface area contributed by atoms with Gasteiger partial charge >= 0.3 is 0 Å². The topological polar surface area (TPSA) is 91.7 Å². The van der Waals surface area contributed by atoms with E-state index in [9.17, 15) is 9.35 Å². The zero-order valence-electron chi connectivity index (χ0n) is 30.7. The Morgan fingerprint density at radius 3 is 2.49 bits per heavy atom. The SMILES string of the molecule is CCCCOCCOc1ccc(-c2ccc3c(c2)/C=C(\C(=O)Nc2ccc([S+]([O-])Cc4cncn4CCC)cc2)CCCCN3CC(C)C)cc1. The van der Waals surface area contributed by atoms with E-state index in [2.05, 4.69) is 83.9 Å². The highest BCUT2D eigenvalue weighted by atomic mass is 32.2. The van der Waals surface area contributed by atoms with E-state index in [1.165, 1.54) is 0 Å². The van der Waals surface area contributed by atoms with E-state index in [4.69, 9.17) is 9.47 Å². The minimum atomic E-state index is -1.22. The molecule has 2 heterocycles. The molecule has 9 heteroatoms. The van der Waals surface area contributed by atoms with Crippen LogP contribution >= 0.6 is 0 Å². The Bertz CT molecular complexity index is 1700. The van der Waals surface area contributed by atoms with E-state index in [1.54, 1.807) is 12.5 Å². The number of hydrogen-bond acceptors (Lipinski definition) is 6. The van der Waals surface area contributed by atoms with Crippen molar-refractivity contribution in [2.24, 2.45) is 5.92 Å². The van der Waals surface area contributed by atoms with E-state index in [0.29, 0.717) is 37.0 Å². The van der Waals surface area contributed by atoms with Gasteiger partial charge in [0, 0.05) is 43.2 Å². The molecule has 4 aromatic rings. The molecule has 5 rings (SSSR count). The maximum atomic E-state index is 13.8. The first-order chi connectivity index (χ1) is 24.8. The van der Waals surface area contributed by atoms with Crippen molar-refractivity contribution in [2.45, 2.75) is 83.4 Å². The van der Waals surface area contributed by atoms with Gasteiger partial charge in [0.25, 0.3) is 5.91 Å². The van der Waals surface area contributed by atoms with Gasteiger partial charge in [-0.3, -0.25) is 4.79 Å². The number of nitrogens with zero attached hydrogens (tertiary/aromatic N) is 3. The minimum absolute atomic E-state index is 0.110. The number of hydrogen-bond donors (Lipinski definition) is 1. The first-order valence-corrected chi connectivity index (χ1v) is 19.9. The van der Waals surface area contributed by atoms with Crippen molar-refractivity contribution in [3.63, 3.8) is 0 Å². The van der Waals surface area contributed by atoms with Crippen LogP contribution < -0.4 is 15.0 Å². The molecule has 0 bridgehead atoms. The fraction of sp³-hybridized carbons (Fsp3) is 0.429. The number of amides is 1. The van der Waals surface area contributed by atoms with Crippen molar-refractivity contribution in [1.82, 2.24) is 9.55 Å². The molecular weight excluding hydrogens is 657 g/mol. The van der Waals surface area contributed by atoms with Gasteiger partial charge in [-0.2, -0.15) is 0 Å². The van der Waals surface area contributed by atoms with Gasteiger partial charge in [0.15, 0.2) is 10.6 Å². The molecule has 1 amide bonds. The van der Waals surface area contributed by atoms with E-state index in [1.807, 2.05) is 36.4 Å². The van der Waals surface area contributed by atoms with Crippen molar-refractivity contribution in [1.29, 1.82) is 0 Å². The molecule has 1 aliphatic heterocycles. The molecule has 0 radical (unpaired) electrons. The van der Waals surface area contributed by atoms with Crippen LogP contribution in [-0.2, 0) is 33.0 Å². The highest BCUT2D eigenvalue weighted by Gasteiger charge is 2.20. The number of benzene rings is 3. The number of carbonyl (C=O) groups excluding carboxylic acids is 1. The predicted octanol–water partition coefficient (Wildman–Crippen LogP) is 9.13. The molecule has 0 fully saturated rings. The lowest BCUT2D eigenvalue weighted by Crippen LogP contribution is -2.29. The summed E-state index contributed by atoms with van der Waals surface area (Å²) in [4.78, 5) is 21.2. The maximum Gasteiger partial charge on any atom is 0.251 e. The molecule has 8 nitrogen and oxygen atoms in total. The van der Waals surface area contributed by atoms with E-state index in [-0.39, 0.29) is 5.91 Å². The third-order valence-electron chi connectivity index (χ3n) is 8.94. The van der Waals surface area contributed by atoms with Crippen molar-refractivity contribution >= 4 is 34.5 Å². The van der Waals surface area contributed by atoms with Gasteiger partial charge in [0.05, 0.1) is 24.8 Å². The number of unbranched alkanes of at least 4 members (excludes halogenated alkanes) is 1. The summed E-state index contributed by atoms with van der Waals surface area (Å²) in [5.41, 5.74) is 6.76.